The van der Waals surface area contributed by atoms with Gasteiger partial charge in [0.25, 0.3) is 0 Å². The van der Waals surface area contributed by atoms with Gasteiger partial charge in [-0.3, -0.25) is 0 Å². The number of hydrogen-bond donors (Lipinski definition) is 2. The molecule has 0 fully saturated rings. The second-order valence-corrected chi connectivity index (χ2v) is 3.49. The summed E-state index contributed by atoms with van der Waals surface area (Å²) in [6, 6.07) is 5.64. The minimum absolute atomic E-state index is 0.492. The van der Waals surface area contributed by atoms with E-state index in [1.807, 2.05) is 18.2 Å². The van der Waals surface area contributed by atoms with E-state index in [9.17, 15) is 5.11 Å². The average molecular weight is 196 g/mol. The quantitative estimate of drug-likeness (QED) is 0.721. The normalized spacial score (nSPS) is 13.5. The van der Waals surface area contributed by atoms with E-state index in [1.54, 1.807) is 13.1 Å². The van der Waals surface area contributed by atoms with Gasteiger partial charge in [0.2, 0.25) is 0 Å². The Bertz CT molecular complexity index is 433. The summed E-state index contributed by atoms with van der Waals surface area (Å²) in [7, 11) is 0. The highest BCUT2D eigenvalue weighted by Gasteiger charge is 2.10. The van der Waals surface area contributed by atoms with E-state index < -0.39 is 6.10 Å². The van der Waals surface area contributed by atoms with E-state index in [2.05, 4.69) is 4.98 Å². The van der Waals surface area contributed by atoms with Crippen LogP contribution in [0.25, 0.3) is 10.9 Å². The van der Waals surface area contributed by atoms with E-state index in [4.69, 9.17) is 11.6 Å². The van der Waals surface area contributed by atoms with Crippen molar-refractivity contribution in [1.29, 1.82) is 0 Å². The van der Waals surface area contributed by atoms with Crippen LogP contribution in [0.15, 0.2) is 24.4 Å². The maximum absolute atomic E-state index is 9.46. The van der Waals surface area contributed by atoms with Crippen molar-refractivity contribution in [3.05, 3.63) is 35.0 Å². The molecule has 0 aliphatic heterocycles. The second kappa shape index (κ2) is 3.05. The molecule has 1 aromatic heterocycles. The van der Waals surface area contributed by atoms with Crippen LogP contribution in [0.5, 0.6) is 0 Å². The standard InChI is InChI=1S/C10H10ClNO/c1-6(13)7-5-12-9-4-2-3-8(11)10(7)9/h2-6,12-13H,1H3/t6-/m1/s1. The van der Waals surface area contributed by atoms with E-state index >= 15 is 0 Å². The number of aromatic amines is 1. The molecule has 1 aromatic carbocycles. The van der Waals surface area contributed by atoms with Gasteiger partial charge in [0.15, 0.2) is 0 Å². The molecular weight excluding hydrogens is 186 g/mol. The van der Waals surface area contributed by atoms with Gasteiger partial charge in [0.05, 0.1) is 11.1 Å². The molecule has 0 saturated carbocycles. The Hall–Kier alpha value is -0.990. The van der Waals surface area contributed by atoms with Gasteiger partial charge in [-0.1, -0.05) is 17.7 Å². The molecule has 2 rings (SSSR count). The van der Waals surface area contributed by atoms with Gasteiger partial charge in [-0.15, -0.1) is 0 Å². The zero-order valence-corrected chi connectivity index (χ0v) is 7.97. The molecule has 0 aliphatic rings. The molecular formula is C10H10ClNO. The first-order valence-corrected chi connectivity index (χ1v) is 4.51. The SMILES string of the molecule is C[C@@H](O)c1c[nH]c2cccc(Cl)c12. The number of rotatable bonds is 1. The number of aliphatic hydroxyl groups excluding tert-OH is 1. The molecule has 2 aromatic rings. The molecule has 0 radical (unpaired) electrons. The lowest BCUT2D eigenvalue weighted by atomic mass is 10.1. The highest BCUT2D eigenvalue weighted by molar-refractivity contribution is 6.35. The van der Waals surface area contributed by atoms with Crippen LogP contribution < -0.4 is 0 Å². The number of H-pyrrole nitrogens is 1. The molecule has 0 saturated heterocycles. The third-order valence-corrected chi connectivity index (χ3v) is 2.45. The fourth-order valence-corrected chi connectivity index (χ4v) is 1.78. The van der Waals surface area contributed by atoms with Gasteiger partial charge in [0.1, 0.15) is 0 Å². The smallest absolute Gasteiger partial charge is 0.0783 e. The van der Waals surface area contributed by atoms with Crippen LogP contribution in [0.4, 0.5) is 0 Å². The van der Waals surface area contributed by atoms with Gasteiger partial charge < -0.3 is 10.1 Å². The first kappa shape index (κ1) is 8.60. The number of hydrogen-bond acceptors (Lipinski definition) is 1. The first-order chi connectivity index (χ1) is 6.20. The molecule has 1 heterocycles. The van der Waals surface area contributed by atoms with Gasteiger partial charge >= 0.3 is 0 Å². The van der Waals surface area contributed by atoms with Gasteiger partial charge in [-0.05, 0) is 19.1 Å². The van der Waals surface area contributed by atoms with Crippen molar-refractivity contribution >= 4 is 22.5 Å². The summed E-state index contributed by atoms with van der Waals surface area (Å²) in [5, 5.41) is 11.0. The summed E-state index contributed by atoms with van der Waals surface area (Å²) < 4.78 is 0. The molecule has 1 atom stereocenters. The van der Waals surface area contributed by atoms with Gasteiger partial charge in [-0.25, -0.2) is 0 Å². The minimum Gasteiger partial charge on any atom is -0.389 e. The number of halogens is 1. The van der Waals surface area contributed by atoms with Crippen molar-refractivity contribution in [2.24, 2.45) is 0 Å². The highest BCUT2D eigenvalue weighted by Crippen LogP contribution is 2.29. The lowest BCUT2D eigenvalue weighted by Gasteiger charge is -2.02. The number of aliphatic hydroxyl groups is 1. The van der Waals surface area contributed by atoms with Crippen LogP contribution >= 0.6 is 11.6 Å². The van der Waals surface area contributed by atoms with Gasteiger partial charge in [0, 0.05) is 22.7 Å². The molecule has 0 unspecified atom stereocenters. The maximum atomic E-state index is 9.46. The van der Waals surface area contributed by atoms with Crippen molar-refractivity contribution in [3.63, 3.8) is 0 Å². The molecule has 68 valence electrons. The molecule has 3 heteroatoms. The Morgan fingerprint density at radius 2 is 2.23 bits per heavy atom. The van der Waals surface area contributed by atoms with E-state index in [0.717, 1.165) is 16.5 Å². The Balaban J connectivity index is 2.79. The fraction of sp³-hybridized carbons (Fsp3) is 0.200. The van der Waals surface area contributed by atoms with Crippen LogP contribution in [0, 0.1) is 0 Å². The number of fused-ring (bicyclic) bond motifs is 1. The van der Waals surface area contributed by atoms with E-state index in [-0.39, 0.29) is 0 Å². The Morgan fingerprint density at radius 1 is 1.46 bits per heavy atom. The third-order valence-electron chi connectivity index (χ3n) is 2.14. The summed E-state index contributed by atoms with van der Waals surface area (Å²) in [6.07, 6.45) is 1.30. The molecule has 0 amide bonds. The van der Waals surface area contributed by atoms with Crippen molar-refractivity contribution in [2.45, 2.75) is 13.0 Å². The fourth-order valence-electron chi connectivity index (χ4n) is 1.49. The molecule has 0 spiro atoms. The Labute approximate surface area is 81.1 Å². The van der Waals surface area contributed by atoms with E-state index in [1.165, 1.54) is 0 Å². The summed E-state index contributed by atoms with van der Waals surface area (Å²) >= 11 is 6.02. The van der Waals surface area contributed by atoms with Gasteiger partial charge in [-0.2, -0.15) is 0 Å². The molecule has 2 nitrogen and oxygen atoms in total. The van der Waals surface area contributed by atoms with Crippen LogP contribution in [0.1, 0.15) is 18.6 Å². The van der Waals surface area contributed by atoms with E-state index in [0.29, 0.717) is 5.02 Å². The Morgan fingerprint density at radius 3 is 2.92 bits per heavy atom. The summed E-state index contributed by atoms with van der Waals surface area (Å²) in [5.41, 5.74) is 1.81. The number of aromatic nitrogens is 1. The Kier molecular flexibility index (Phi) is 2.02. The summed E-state index contributed by atoms with van der Waals surface area (Å²) in [4.78, 5) is 3.07. The molecule has 13 heavy (non-hydrogen) atoms. The van der Waals surface area contributed by atoms with Crippen LogP contribution in [-0.2, 0) is 0 Å². The van der Waals surface area contributed by atoms with Crippen molar-refractivity contribution < 1.29 is 5.11 Å². The number of nitrogens with one attached hydrogen (secondary N) is 1. The summed E-state index contributed by atoms with van der Waals surface area (Å²) in [5.74, 6) is 0. The van der Waals surface area contributed by atoms with Crippen molar-refractivity contribution in [1.82, 2.24) is 4.98 Å². The lowest BCUT2D eigenvalue weighted by Crippen LogP contribution is -1.88. The summed E-state index contributed by atoms with van der Waals surface area (Å²) in [6.45, 7) is 1.73. The first-order valence-electron chi connectivity index (χ1n) is 4.13. The minimum atomic E-state index is -0.492. The lowest BCUT2D eigenvalue weighted by molar-refractivity contribution is 0.201. The zero-order valence-electron chi connectivity index (χ0n) is 7.21. The predicted molar refractivity (Wildman–Crippen MR) is 53.9 cm³/mol. The van der Waals surface area contributed by atoms with Crippen LogP contribution in [-0.4, -0.2) is 10.1 Å². The second-order valence-electron chi connectivity index (χ2n) is 3.08. The number of benzene rings is 1. The molecule has 0 bridgehead atoms. The monoisotopic (exact) mass is 195 g/mol. The predicted octanol–water partition coefficient (Wildman–Crippen LogP) is 2.87. The molecule has 2 N–H and O–H groups in total. The average Bonchev–Trinajstić information content (AvgIpc) is 2.49. The molecule has 0 aliphatic carbocycles. The topological polar surface area (TPSA) is 36.0 Å². The van der Waals surface area contributed by atoms with Crippen LogP contribution in [0.3, 0.4) is 0 Å². The zero-order chi connectivity index (χ0) is 9.42. The highest BCUT2D eigenvalue weighted by atomic mass is 35.5. The largest absolute Gasteiger partial charge is 0.389 e. The van der Waals surface area contributed by atoms with Crippen molar-refractivity contribution in [2.75, 3.05) is 0 Å². The van der Waals surface area contributed by atoms with Crippen LogP contribution in [0.2, 0.25) is 5.02 Å². The maximum Gasteiger partial charge on any atom is 0.0783 e. The van der Waals surface area contributed by atoms with Crippen molar-refractivity contribution in [3.8, 4) is 0 Å². The third kappa shape index (κ3) is 1.32.